The number of hydrogen-bond donors (Lipinski definition) is 1. The second kappa shape index (κ2) is 6.39. The maximum atomic E-state index is 11.8. The molecule has 0 saturated carbocycles. The Morgan fingerprint density at radius 1 is 1.04 bits per heavy atom. The van der Waals surface area contributed by atoms with E-state index in [0.717, 1.165) is 23.1 Å². The summed E-state index contributed by atoms with van der Waals surface area (Å²) in [7, 11) is 0. The first kappa shape index (κ1) is 15.5. The summed E-state index contributed by atoms with van der Waals surface area (Å²) in [6.07, 6.45) is 0. The molecule has 0 spiro atoms. The highest BCUT2D eigenvalue weighted by atomic mass is 16.4. The highest BCUT2D eigenvalue weighted by Crippen LogP contribution is 2.21. The van der Waals surface area contributed by atoms with Crippen LogP contribution in [0.3, 0.4) is 0 Å². The first-order valence-electron chi connectivity index (χ1n) is 7.97. The van der Waals surface area contributed by atoms with Crippen LogP contribution in [0.15, 0.2) is 57.7 Å². The summed E-state index contributed by atoms with van der Waals surface area (Å²) < 4.78 is 5.36. The Balaban J connectivity index is 1.91. The van der Waals surface area contributed by atoms with Crippen molar-refractivity contribution in [2.45, 2.75) is 33.4 Å². The van der Waals surface area contributed by atoms with Crippen molar-refractivity contribution in [2.24, 2.45) is 0 Å². The standard InChI is InChI=1S/C20H21NO2/c1-13-9-18-17(11-20(22)23-19(18)10-14(13)2)12-21-15(3)16-7-5-4-6-8-16/h4-11,15,21H,12H2,1-3H3/p+1/t15-/m1/s1. The Kier molecular flexibility index (Phi) is 4.30. The van der Waals surface area contributed by atoms with Gasteiger partial charge in [-0.15, -0.1) is 0 Å². The van der Waals surface area contributed by atoms with Crippen LogP contribution in [0.2, 0.25) is 0 Å². The molecule has 0 radical (unpaired) electrons. The first-order valence-corrected chi connectivity index (χ1v) is 7.97. The van der Waals surface area contributed by atoms with Gasteiger partial charge in [-0.3, -0.25) is 0 Å². The third kappa shape index (κ3) is 3.35. The van der Waals surface area contributed by atoms with Crippen LogP contribution in [-0.2, 0) is 6.54 Å². The highest BCUT2D eigenvalue weighted by molar-refractivity contribution is 5.81. The molecule has 1 atom stereocenters. The number of quaternary nitrogens is 1. The van der Waals surface area contributed by atoms with Crippen LogP contribution in [0, 0.1) is 13.8 Å². The minimum atomic E-state index is -0.281. The molecule has 23 heavy (non-hydrogen) atoms. The van der Waals surface area contributed by atoms with Crippen molar-refractivity contribution in [2.75, 3.05) is 0 Å². The van der Waals surface area contributed by atoms with Crippen molar-refractivity contribution in [3.05, 3.63) is 81.2 Å². The van der Waals surface area contributed by atoms with Crippen molar-refractivity contribution in [1.29, 1.82) is 0 Å². The van der Waals surface area contributed by atoms with E-state index in [1.54, 1.807) is 6.07 Å². The normalized spacial score (nSPS) is 12.5. The molecule has 3 heteroatoms. The third-order valence-corrected chi connectivity index (χ3v) is 4.46. The van der Waals surface area contributed by atoms with Gasteiger partial charge in [0.15, 0.2) is 0 Å². The van der Waals surface area contributed by atoms with Gasteiger partial charge in [0.25, 0.3) is 0 Å². The first-order chi connectivity index (χ1) is 11.0. The molecule has 0 amide bonds. The number of nitrogens with two attached hydrogens (primary N) is 1. The van der Waals surface area contributed by atoms with E-state index < -0.39 is 0 Å². The smallest absolute Gasteiger partial charge is 0.336 e. The fraction of sp³-hybridized carbons (Fsp3) is 0.250. The summed E-state index contributed by atoms with van der Waals surface area (Å²) in [4.78, 5) is 11.8. The molecule has 0 unspecified atom stereocenters. The van der Waals surface area contributed by atoms with E-state index in [1.165, 1.54) is 11.1 Å². The predicted molar refractivity (Wildman–Crippen MR) is 92.4 cm³/mol. The van der Waals surface area contributed by atoms with Gasteiger partial charge in [0.1, 0.15) is 18.2 Å². The molecule has 1 aromatic heterocycles. The molecule has 3 rings (SSSR count). The summed E-state index contributed by atoms with van der Waals surface area (Å²) in [5.74, 6) is 0. The van der Waals surface area contributed by atoms with Crippen LogP contribution in [0.1, 0.15) is 35.2 Å². The fourth-order valence-corrected chi connectivity index (χ4v) is 2.85. The van der Waals surface area contributed by atoms with Gasteiger partial charge in [-0.05, 0) is 44.0 Å². The summed E-state index contributed by atoms with van der Waals surface area (Å²) in [5.41, 5.74) is 5.06. The Labute approximate surface area is 136 Å². The largest absolute Gasteiger partial charge is 0.423 e. The Morgan fingerprint density at radius 2 is 1.74 bits per heavy atom. The highest BCUT2D eigenvalue weighted by Gasteiger charge is 2.12. The minimum absolute atomic E-state index is 0.281. The molecule has 3 nitrogen and oxygen atoms in total. The van der Waals surface area contributed by atoms with E-state index in [-0.39, 0.29) is 5.63 Å². The summed E-state index contributed by atoms with van der Waals surface area (Å²) >= 11 is 0. The van der Waals surface area contributed by atoms with Crippen LogP contribution >= 0.6 is 0 Å². The lowest BCUT2D eigenvalue weighted by atomic mass is 10.0. The molecule has 3 aromatic rings. The van der Waals surface area contributed by atoms with Crippen molar-refractivity contribution in [1.82, 2.24) is 0 Å². The van der Waals surface area contributed by atoms with E-state index in [2.05, 4.69) is 49.5 Å². The predicted octanol–water partition coefficient (Wildman–Crippen LogP) is 3.23. The Bertz CT molecular complexity index is 881. The van der Waals surface area contributed by atoms with Gasteiger partial charge in [0, 0.05) is 22.6 Å². The van der Waals surface area contributed by atoms with Crippen LogP contribution in [0.4, 0.5) is 0 Å². The van der Waals surface area contributed by atoms with Crippen LogP contribution in [-0.4, -0.2) is 0 Å². The van der Waals surface area contributed by atoms with Gasteiger partial charge in [-0.2, -0.15) is 0 Å². The maximum Gasteiger partial charge on any atom is 0.336 e. The number of benzene rings is 2. The van der Waals surface area contributed by atoms with Crippen LogP contribution < -0.4 is 10.9 Å². The maximum absolute atomic E-state index is 11.8. The molecule has 118 valence electrons. The molecule has 0 saturated heterocycles. The van der Waals surface area contributed by atoms with Crippen molar-refractivity contribution < 1.29 is 9.73 Å². The summed E-state index contributed by atoms with van der Waals surface area (Å²) in [6.45, 7) is 7.05. The summed E-state index contributed by atoms with van der Waals surface area (Å²) in [5, 5.41) is 3.28. The van der Waals surface area contributed by atoms with Gasteiger partial charge >= 0.3 is 5.63 Å². The second-order valence-electron chi connectivity index (χ2n) is 6.16. The molecule has 0 fully saturated rings. The molecule has 0 bridgehead atoms. The molecule has 1 heterocycles. The number of hydrogen-bond acceptors (Lipinski definition) is 2. The van der Waals surface area contributed by atoms with Gasteiger partial charge in [0.05, 0.1) is 0 Å². The third-order valence-electron chi connectivity index (χ3n) is 4.46. The molecule has 2 N–H and O–H groups in total. The molecular formula is C20H22NO2+. The van der Waals surface area contributed by atoms with Gasteiger partial charge in [-0.25, -0.2) is 4.79 Å². The zero-order chi connectivity index (χ0) is 16.4. The van der Waals surface area contributed by atoms with Crippen molar-refractivity contribution in [3.63, 3.8) is 0 Å². The zero-order valence-corrected chi connectivity index (χ0v) is 13.8. The SMILES string of the molecule is Cc1cc2oc(=O)cc(C[NH2+][C@H](C)c3ccccc3)c2cc1C. The number of rotatable bonds is 4. The zero-order valence-electron chi connectivity index (χ0n) is 13.8. The monoisotopic (exact) mass is 308 g/mol. The van der Waals surface area contributed by atoms with E-state index in [4.69, 9.17) is 4.42 Å². The number of aryl methyl sites for hydroxylation is 2. The van der Waals surface area contributed by atoms with Crippen molar-refractivity contribution >= 4 is 11.0 Å². The topological polar surface area (TPSA) is 46.8 Å². The number of fused-ring (bicyclic) bond motifs is 1. The average Bonchev–Trinajstić information content (AvgIpc) is 2.55. The Hall–Kier alpha value is -2.39. The van der Waals surface area contributed by atoms with Crippen LogP contribution in [0.5, 0.6) is 0 Å². The molecule has 2 aromatic carbocycles. The second-order valence-corrected chi connectivity index (χ2v) is 6.16. The lowest BCUT2D eigenvalue weighted by molar-refractivity contribution is -0.707. The van der Waals surface area contributed by atoms with E-state index in [0.29, 0.717) is 11.6 Å². The molecule has 0 aliphatic rings. The summed E-state index contributed by atoms with van der Waals surface area (Å²) in [6, 6.07) is 16.4. The average molecular weight is 308 g/mol. The van der Waals surface area contributed by atoms with E-state index >= 15 is 0 Å². The van der Waals surface area contributed by atoms with E-state index in [9.17, 15) is 4.79 Å². The minimum Gasteiger partial charge on any atom is -0.423 e. The van der Waals surface area contributed by atoms with Gasteiger partial charge in [-0.1, -0.05) is 30.3 Å². The Morgan fingerprint density at radius 3 is 2.48 bits per heavy atom. The van der Waals surface area contributed by atoms with E-state index in [1.807, 2.05) is 19.1 Å². The molecular weight excluding hydrogens is 286 g/mol. The quantitative estimate of drug-likeness (QED) is 0.752. The van der Waals surface area contributed by atoms with Gasteiger partial charge in [0.2, 0.25) is 0 Å². The van der Waals surface area contributed by atoms with Crippen LogP contribution in [0.25, 0.3) is 11.0 Å². The fourth-order valence-electron chi connectivity index (χ4n) is 2.85. The molecule has 0 aliphatic carbocycles. The lowest BCUT2D eigenvalue weighted by Gasteiger charge is -2.12. The van der Waals surface area contributed by atoms with Crippen molar-refractivity contribution in [3.8, 4) is 0 Å². The van der Waals surface area contributed by atoms with Gasteiger partial charge < -0.3 is 9.73 Å². The molecule has 0 aliphatic heterocycles. The lowest BCUT2D eigenvalue weighted by Crippen LogP contribution is -2.83.